The summed E-state index contributed by atoms with van der Waals surface area (Å²) in [5.41, 5.74) is 1.12. The van der Waals surface area contributed by atoms with Crippen molar-refractivity contribution in [3.8, 4) is 0 Å². The van der Waals surface area contributed by atoms with E-state index >= 15 is 0 Å². The van der Waals surface area contributed by atoms with Crippen molar-refractivity contribution in [3.05, 3.63) is 21.9 Å². The summed E-state index contributed by atoms with van der Waals surface area (Å²) >= 11 is 1.58. The van der Waals surface area contributed by atoms with E-state index in [2.05, 4.69) is 10.2 Å². The maximum atomic E-state index is 12.5. The van der Waals surface area contributed by atoms with Crippen LogP contribution in [0.25, 0.3) is 0 Å². The average Bonchev–Trinajstić information content (AvgIpc) is 2.94. The molecule has 1 aromatic rings. The Balaban J connectivity index is 0.00000133. The van der Waals surface area contributed by atoms with Crippen LogP contribution in [0, 0.1) is 18.8 Å². The second-order valence-electron chi connectivity index (χ2n) is 5.48. The van der Waals surface area contributed by atoms with Crippen LogP contribution in [0.3, 0.4) is 0 Å². The molecule has 1 aromatic heterocycles. The van der Waals surface area contributed by atoms with Crippen molar-refractivity contribution in [2.75, 3.05) is 26.2 Å². The van der Waals surface area contributed by atoms with Crippen LogP contribution < -0.4 is 5.32 Å². The van der Waals surface area contributed by atoms with Gasteiger partial charge in [0.2, 0.25) is 0 Å². The van der Waals surface area contributed by atoms with Gasteiger partial charge in [-0.25, -0.2) is 0 Å². The van der Waals surface area contributed by atoms with Crippen molar-refractivity contribution >= 4 is 29.7 Å². The van der Waals surface area contributed by atoms with Crippen molar-refractivity contribution < 1.29 is 4.79 Å². The summed E-state index contributed by atoms with van der Waals surface area (Å²) in [5, 5.41) is 5.48. The van der Waals surface area contributed by atoms with Crippen molar-refractivity contribution in [2.45, 2.75) is 19.8 Å². The summed E-state index contributed by atoms with van der Waals surface area (Å²) in [6, 6.07) is 2.04. The molecule has 3 heterocycles. The lowest BCUT2D eigenvalue weighted by Crippen LogP contribution is -2.32. The largest absolute Gasteiger partial charge is 0.338 e. The lowest BCUT2D eigenvalue weighted by Gasteiger charge is -2.20. The number of amides is 1. The number of carbonyl (C=O) groups is 1. The molecule has 5 heteroatoms. The fourth-order valence-electron chi connectivity index (χ4n) is 3.16. The SMILES string of the molecule is Cc1ccsc1C(=O)N1CC[C@@H]2CNC[C@@H]2CC1.Cl. The summed E-state index contributed by atoms with van der Waals surface area (Å²) in [6.45, 7) is 6.17. The predicted molar refractivity (Wildman–Crippen MR) is 81.3 cm³/mol. The Bertz CT molecular complexity index is 434. The first-order valence-corrected chi connectivity index (χ1v) is 7.68. The number of aryl methyl sites for hydroxylation is 1. The first kappa shape index (κ1) is 14.8. The molecule has 19 heavy (non-hydrogen) atoms. The molecule has 2 fully saturated rings. The molecule has 3 rings (SSSR count). The van der Waals surface area contributed by atoms with Crippen LogP contribution in [0.2, 0.25) is 0 Å². The molecule has 3 nitrogen and oxygen atoms in total. The Labute approximate surface area is 124 Å². The monoisotopic (exact) mass is 300 g/mol. The Morgan fingerprint density at radius 1 is 1.32 bits per heavy atom. The van der Waals surface area contributed by atoms with E-state index < -0.39 is 0 Å². The topological polar surface area (TPSA) is 32.3 Å². The van der Waals surface area contributed by atoms with Crippen LogP contribution in [0.5, 0.6) is 0 Å². The number of nitrogens with one attached hydrogen (secondary N) is 1. The molecule has 0 aliphatic carbocycles. The molecule has 0 spiro atoms. The summed E-state index contributed by atoms with van der Waals surface area (Å²) in [7, 11) is 0. The summed E-state index contributed by atoms with van der Waals surface area (Å²) in [5.74, 6) is 1.81. The molecule has 106 valence electrons. The predicted octanol–water partition coefficient (Wildman–Crippen LogP) is 2.55. The number of halogens is 1. The van der Waals surface area contributed by atoms with Crippen molar-refractivity contribution in [2.24, 2.45) is 11.8 Å². The number of hydrogen-bond donors (Lipinski definition) is 1. The molecule has 0 unspecified atom stereocenters. The molecular weight excluding hydrogens is 280 g/mol. The normalized spacial score (nSPS) is 26.5. The van der Waals surface area contributed by atoms with Crippen molar-refractivity contribution in [1.29, 1.82) is 0 Å². The van der Waals surface area contributed by atoms with E-state index in [0.717, 1.165) is 61.3 Å². The van der Waals surface area contributed by atoms with Gasteiger partial charge in [0.25, 0.3) is 5.91 Å². The molecule has 0 aromatic carbocycles. The zero-order valence-corrected chi connectivity index (χ0v) is 12.9. The highest BCUT2D eigenvalue weighted by atomic mass is 35.5. The van der Waals surface area contributed by atoms with Gasteiger partial charge in [-0.3, -0.25) is 4.79 Å². The Kier molecular flexibility index (Phi) is 4.87. The number of fused-ring (bicyclic) bond motifs is 1. The molecule has 1 amide bonds. The van der Waals surface area contributed by atoms with Gasteiger partial charge in [0.1, 0.15) is 0 Å². The van der Waals surface area contributed by atoms with Crippen LogP contribution in [0.15, 0.2) is 11.4 Å². The zero-order chi connectivity index (χ0) is 12.5. The molecule has 2 saturated heterocycles. The third kappa shape index (κ3) is 2.96. The molecule has 1 N–H and O–H groups in total. The van der Waals surface area contributed by atoms with Gasteiger partial charge in [-0.15, -0.1) is 23.7 Å². The van der Waals surface area contributed by atoms with Crippen molar-refractivity contribution in [3.63, 3.8) is 0 Å². The Hall–Kier alpha value is -0.580. The quantitative estimate of drug-likeness (QED) is 0.864. The van der Waals surface area contributed by atoms with Gasteiger partial charge >= 0.3 is 0 Å². The van der Waals surface area contributed by atoms with E-state index in [1.165, 1.54) is 0 Å². The van der Waals surface area contributed by atoms with E-state index in [-0.39, 0.29) is 18.3 Å². The van der Waals surface area contributed by atoms with E-state index in [1.54, 1.807) is 11.3 Å². The van der Waals surface area contributed by atoms with Gasteiger partial charge in [-0.1, -0.05) is 0 Å². The highest BCUT2D eigenvalue weighted by Gasteiger charge is 2.32. The first-order chi connectivity index (χ1) is 8.75. The molecular formula is C14H21ClN2OS. The fourth-order valence-corrected chi connectivity index (χ4v) is 4.05. The smallest absolute Gasteiger partial charge is 0.264 e. The van der Waals surface area contributed by atoms with E-state index in [9.17, 15) is 4.79 Å². The minimum absolute atomic E-state index is 0. The first-order valence-electron chi connectivity index (χ1n) is 6.80. The molecule has 2 aliphatic heterocycles. The van der Waals surface area contributed by atoms with Gasteiger partial charge in [-0.2, -0.15) is 0 Å². The zero-order valence-electron chi connectivity index (χ0n) is 11.2. The summed E-state index contributed by atoms with van der Waals surface area (Å²) in [6.07, 6.45) is 2.32. The minimum atomic E-state index is 0. The summed E-state index contributed by atoms with van der Waals surface area (Å²) < 4.78 is 0. The van der Waals surface area contributed by atoms with Gasteiger partial charge in [-0.05, 0) is 61.7 Å². The average molecular weight is 301 g/mol. The molecule has 2 atom stereocenters. The van der Waals surface area contributed by atoms with Crippen LogP contribution in [-0.4, -0.2) is 37.0 Å². The lowest BCUT2D eigenvalue weighted by atomic mass is 9.92. The van der Waals surface area contributed by atoms with Gasteiger partial charge < -0.3 is 10.2 Å². The van der Waals surface area contributed by atoms with Crippen LogP contribution >= 0.6 is 23.7 Å². The van der Waals surface area contributed by atoms with Crippen molar-refractivity contribution in [1.82, 2.24) is 10.2 Å². The second-order valence-corrected chi connectivity index (χ2v) is 6.40. The molecule has 0 radical (unpaired) electrons. The highest BCUT2D eigenvalue weighted by Crippen LogP contribution is 2.28. The Morgan fingerprint density at radius 2 is 1.95 bits per heavy atom. The third-order valence-corrected chi connectivity index (χ3v) is 5.37. The standard InChI is InChI=1S/C14H20N2OS.ClH/c1-10-4-7-18-13(10)14(17)16-5-2-11-8-15-9-12(11)3-6-16;/h4,7,11-12,15H,2-3,5-6,8-9H2,1H3;1H/t11-,12+;. The van der Waals surface area contributed by atoms with Crippen LogP contribution in [0.1, 0.15) is 28.1 Å². The number of nitrogens with zero attached hydrogens (tertiary/aromatic N) is 1. The highest BCUT2D eigenvalue weighted by molar-refractivity contribution is 7.12. The third-order valence-electron chi connectivity index (χ3n) is 4.36. The van der Waals surface area contributed by atoms with Gasteiger partial charge in [0.05, 0.1) is 4.88 Å². The maximum absolute atomic E-state index is 12.5. The van der Waals surface area contributed by atoms with Crippen LogP contribution in [0.4, 0.5) is 0 Å². The van der Waals surface area contributed by atoms with Gasteiger partial charge in [0.15, 0.2) is 0 Å². The molecule has 2 aliphatic rings. The molecule has 0 saturated carbocycles. The van der Waals surface area contributed by atoms with Gasteiger partial charge in [0, 0.05) is 13.1 Å². The number of rotatable bonds is 1. The number of hydrogen-bond acceptors (Lipinski definition) is 3. The number of carbonyl (C=O) groups excluding carboxylic acids is 1. The van der Waals surface area contributed by atoms with E-state index in [1.807, 2.05) is 18.4 Å². The van der Waals surface area contributed by atoms with Crippen LogP contribution in [-0.2, 0) is 0 Å². The maximum Gasteiger partial charge on any atom is 0.264 e. The van der Waals surface area contributed by atoms with E-state index in [4.69, 9.17) is 0 Å². The van der Waals surface area contributed by atoms with E-state index in [0.29, 0.717) is 0 Å². The lowest BCUT2D eigenvalue weighted by molar-refractivity contribution is 0.0763. The molecule has 0 bridgehead atoms. The summed E-state index contributed by atoms with van der Waals surface area (Å²) in [4.78, 5) is 15.5. The fraction of sp³-hybridized carbons (Fsp3) is 0.643. The minimum Gasteiger partial charge on any atom is -0.338 e. The second kappa shape index (κ2) is 6.25. The number of thiophene rings is 1. The Morgan fingerprint density at radius 3 is 2.47 bits per heavy atom. The number of likely N-dealkylation sites (tertiary alicyclic amines) is 1.